The van der Waals surface area contributed by atoms with E-state index in [9.17, 15) is 0 Å². The molecule has 0 saturated carbocycles. The Bertz CT molecular complexity index is 2230. The molecule has 8 rings (SSSR count). The molecule has 2 heteroatoms. The second-order valence-electron chi connectivity index (χ2n) is 9.74. The summed E-state index contributed by atoms with van der Waals surface area (Å²) in [5, 5.41) is 9.44. The van der Waals surface area contributed by atoms with Crippen LogP contribution in [0.4, 0.5) is 0 Å². The van der Waals surface area contributed by atoms with E-state index in [1.165, 1.54) is 26.9 Å². The normalized spacial score (nSPS) is 11.7. The zero-order valence-corrected chi connectivity index (χ0v) is 20.6. The Balaban J connectivity index is 1.76. The van der Waals surface area contributed by atoms with Crippen LogP contribution in [0.5, 0.6) is 0 Å². The van der Waals surface area contributed by atoms with Crippen LogP contribution in [0.15, 0.2) is 144 Å². The number of para-hydroxylation sites is 4. The van der Waals surface area contributed by atoms with Crippen molar-refractivity contribution in [3.05, 3.63) is 140 Å². The van der Waals surface area contributed by atoms with Crippen molar-refractivity contribution >= 4 is 65.3 Å². The van der Waals surface area contributed by atoms with Gasteiger partial charge in [0.2, 0.25) is 0 Å². The first-order valence-corrected chi connectivity index (χ1v) is 13.0. The molecule has 2 aromatic heterocycles. The maximum atomic E-state index is 6.38. The van der Waals surface area contributed by atoms with Gasteiger partial charge in [0.25, 0.3) is 0 Å². The number of aromatic nitrogens is 1. The summed E-state index contributed by atoms with van der Waals surface area (Å²) in [5.41, 5.74) is 5.23. The third-order valence-electron chi connectivity index (χ3n) is 7.62. The van der Waals surface area contributed by atoms with Crippen molar-refractivity contribution in [2.75, 3.05) is 0 Å². The minimum atomic E-state index is 0.903. The molecule has 8 aromatic rings. The van der Waals surface area contributed by atoms with Gasteiger partial charge in [-0.2, -0.15) is 0 Å². The van der Waals surface area contributed by atoms with Crippen LogP contribution in [-0.4, -0.2) is 4.57 Å². The Labute approximate surface area is 219 Å². The van der Waals surface area contributed by atoms with E-state index in [1.54, 1.807) is 0 Å². The van der Waals surface area contributed by atoms with E-state index in [-0.39, 0.29) is 0 Å². The molecule has 0 atom stereocenters. The zero-order chi connectivity index (χ0) is 25.1. The summed E-state index contributed by atoms with van der Waals surface area (Å²) < 4.78 is 8.77. The Morgan fingerprint density at radius 3 is 1.55 bits per heavy atom. The molecule has 178 valence electrons. The summed E-state index contributed by atoms with van der Waals surface area (Å²) in [4.78, 5) is 0. The molecule has 0 bridgehead atoms. The lowest BCUT2D eigenvalue weighted by Gasteiger charge is -2.13. The number of rotatable bonds is 1. The molecule has 38 heavy (non-hydrogen) atoms. The molecular weight excluding hydrogens is 462 g/mol. The van der Waals surface area contributed by atoms with Gasteiger partial charge in [0.15, 0.2) is 0 Å². The molecule has 0 amide bonds. The number of nitrogens with zero attached hydrogens (tertiary/aromatic N) is 1. The second kappa shape index (κ2) is 8.22. The predicted octanol–water partition coefficient (Wildman–Crippen LogP) is 10.1. The van der Waals surface area contributed by atoms with E-state index >= 15 is 0 Å². The van der Waals surface area contributed by atoms with Crippen LogP contribution in [0.25, 0.3) is 71.0 Å². The van der Waals surface area contributed by atoms with Crippen molar-refractivity contribution < 1.29 is 4.42 Å². The second-order valence-corrected chi connectivity index (χ2v) is 9.74. The van der Waals surface area contributed by atoms with Gasteiger partial charge in [-0.25, -0.2) is 0 Å². The molecule has 0 aliphatic rings. The van der Waals surface area contributed by atoms with Crippen molar-refractivity contribution in [1.82, 2.24) is 4.57 Å². The highest BCUT2D eigenvalue weighted by atomic mass is 16.3. The van der Waals surface area contributed by atoms with Gasteiger partial charge in [0, 0.05) is 27.2 Å². The zero-order valence-electron chi connectivity index (χ0n) is 20.6. The molecule has 2 nitrogen and oxygen atoms in total. The van der Waals surface area contributed by atoms with Gasteiger partial charge in [0.05, 0.1) is 11.0 Å². The topological polar surface area (TPSA) is 18.1 Å². The molecule has 0 spiro atoms. The van der Waals surface area contributed by atoms with E-state index in [1.807, 2.05) is 12.1 Å². The first-order valence-electron chi connectivity index (χ1n) is 13.0. The Morgan fingerprint density at radius 1 is 0.342 bits per heavy atom. The quantitative estimate of drug-likeness (QED) is 0.226. The smallest absolute Gasteiger partial charge is 0.136 e. The van der Waals surface area contributed by atoms with Gasteiger partial charge in [-0.3, -0.25) is 0 Å². The monoisotopic (exact) mass is 485 g/mol. The molecule has 0 fully saturated rings. The van der Waals surface area contributed by atoms with Crippen LogP contribution >= 0.6 is 0 Å². The fraction of sp³-hybridized carbons (Fsp3) is 0. The van der Waals surface area contributed by atoms with Crippen LogP contribution in [-0.2, 0) is 0 Å². The summed E-state index contributed by atoms with van der Waals surface area (Å²) >= 11 is 0. The minimum Gasteiger partial charge on any atom is -0.456 e. The molecule has 2 heterocycles. The minimum absolute atomic E-state index is 0.903. The van der Waals surface area contributed by atoms with Gasteiger partial charge in [-0.05, 0) is 64.0 Å². The molecule has 0 radical (unpaired) electrons. The first kappa shape index (κ1) is 21.0. The molecule has 0 aliphatic carbocycles. The SMILES string of the molecule is c1ccc(-n2c3ccccc3c3ccccc3c3cc4c(cc3c3ccccc32)oc2ccccc24)cc1. The summed E-state index contributed by atoms with van der Waals surface area (Å²) in [6, 6.07) is 49.7. The predicted molar refractivity (Wildman–Crippen MR) is 161 cm³/mol. The average Bonchev–Trinajstić information content (AvgIpc) is 3.36. The number of benzene rings is 6. The lowest BCUT2D eigenvalue weighted by atomic mass is 9.99. The van der Waals surface area contributed by atoms with Crippen LogP contribution in [0.3, 0.4) is 0 Å². The van der Waals surface area contributed by atoms with Crippen molar-refractivity contribution in [3.8, 4) is 5.69 Å². The highest BCUT2D eigenvalue weighted by Gasteiger charge is 2.13. The van der Waals surface area contributed by atoms with E-state index in [2.05, 4.69) is 132 Å². The van der Waals surface area contributed by atoms with Gasteiger partial charge in [0.1, 0.15) is 11.2 Å². The standard InChI is InChI=1S/C36H23NO/c1-2-12-24(13-3-1)37-33-19-9-6-16-27(33)25-14-4-5-15-26(25)30-22-32-29-18-8-11-21-35(29)38-36(32)23-31(30)28-17-7-10-20-34(28)37/h1-23H. The molecule has 0 unspecified atom stereocenters. The van der Waals surface area contributed by atoms with Gasteiger partial charge < -0.3 is 8.98 Å². The van der Waals surface area contributed by atoms with Crippen molar-refractivity contribution in [1.29, 1.82) is 0 Å². The van der Waals surface area contributed by atoms with E-state index in [4.69, 9.17) is 4.42 Å². The summed E-state index contributed by atoms with van der Waals surface area (Å²) in [5.74, 6) is 0. The van der Waals surface area contributed by atoms with Crippen molar-refractivity contribution in [3.63, 3.8) is 0 Å². The molecule has 0 aliphatic heterocycles. The Kier molecular flexibility index (Phi) is 4.55. The third kappa shape index (κ3) is 3.07. The summed E-state index contributed by atoms with van der Waals surface area (Å²) in [6.45, 7) is 0. The fourth-order valence-corrected chi connectivity index (χ4v) is 5.95. The van der Waals surface area contributed by atoms with Crippen LogP contribution in [0, 0.1) is 0 Å². The van der Waals surface area contributed by atoms with E-state index < -0.39 is 0 Å². The van der Waals surface area contributed by atoms with Crippen molar-refractivity contribution in [2.45, 2.75) is 0 Å². The maximum Gasteiger partial charge on any atom is 0.136 e. The largest absolute Gasteiger partial charge is 0.456 e. The van der Waals surface area contributed by atoms with Gasteiger partial charge >= 0.3 is 0 Å². The maximum absolute atomic E-state index is 6.38. The fourth-order valence-electron chi connectivity index (χ4n) is 5.95. The molecule has 6 aromatic carbocycles. The van der Waals surface area contributed by atoms with Crippen LogP contribution < -0.4 is 0 Å². The van der Waals surface area contributed by atoms with Gasteiger partial charge in [-0.1, -0.05) is 97.1 Å². The Hall–Kier alpha value is -5.08. The number of hydrogen-bond acceptors (Lipinski definition) is 1. The highest BCUT2D eigenvalue weighted by molar-refractivity contribution is 6.23. The Morgan fingerprint density at radius 2 is 0.842 bits per heavy atom. The van der Waals surface area contributed by atoms with E-state index in [0.29, 0.717) is 0 Å². The summed E-state index contributed by atoms with van der Waals surface area (Å²) in [6.07, 6.45) is 0. The molecule has 0 saturated heterocycles. The first-order chi connectivity index (χ1) is 18.9. The average molecular weight is 486 g/mol. The third-order valence-corrected chi connectivity index (χ3v) is 7.62. The van der Waals surface area contributed by atoms with Crippen molar-refractivity contribution in [2.24, 2.45) is 0 Å². The van der Waals surface area contributed by atoms with Crippen LogP contribution in [0.1, 0.15) is 0 Å². The highest BCUT2D eigenvalue weighted by Crippen LogP contribution is 2.38. The van der Waals surface area contributed by atoms with Gasteiger partial charge in [-0.15, -0.1) is 0 Å². The summed E-state index contributed by atoms with van der Waals surface area (Å²) in [7, 11) is 0. The molecular formula is C36H23NO. The number of fused-ring (bicyclic) bond motifs is 10. The number of furan rings is 1. The lowest BCUT2D eigenvalue weighted by Crippen LogP contribution is -1.97. The van der Waals surface area contributed by atoms with Crippen LogP contribution in [0.2, 0.25) is 0 Å². The molecule has 0 N–H and O–H groups in total. The lowest BCUT2D eigenvalue weighted by molar-refractivity contribution is 0.669. The number of hydrogen-bond donors (Lipinski definition) is 0. The van der Waals surface area contributed by atoms with E-state index in [0.717, 1.165) is 44.0 Å².